The van der Waals surface area contributed by atoms with E-state index in [4.69, 9.17) is 13.3 Å². The zero-order chi connectivity index (χ0) is 18.9. The van der Waals surface area contributed by atoms with Crippen LogP contribution in [-0.4, -0.2) is 15.0 Å². The summed E-state index contributed by atoms with van der Waals surface area (Å²) in [5.41, 5.74) is 1.12. The second-order valence-electron chi connectivity index (χ2n) is 7.21. The minimum atomic E-state index is 0.118. The molecule has 3 aromatic heterocycles. The molecule has 0 amide bonds. The van der Waals surface area contributed by atoms with Crippen molar-refractivity contribution in [3.63, 3.8) is 0 Å². The molecule has 138 valence electrons. The molecule has 0 bridgehead atoms. The van der Waals surface area contributed by atoms with Gasteiger partial charge < -0.3 is 13.3 Å². The Morgan fingerprint density at radius 2 is 1.64 bits per heavy atom. The van der Waals surface area contributed by atoms with Gasteiger partial charge in [-0.25, -0.2) is 15.0 Å². The molecule has 0 saturated heterocycles. The predicted octanol–water partition coefficient (Wildman–Crippen LogP) is 5.57. The highest BCUT2D eigenvalue weighted by Crippen LogP contribution is 2.18. The molecule has 0 aromatic carbocycles. The van der Waals surface area contributed by atoms with E-state index in [9.17, 15) is 0 Å². The Morgan fingerprint density at radius 1 is 0.920 bits per heavy atom. The van der Waals surface area contributed by atoms with Gasteiger partial charge in [0, 0.05) is 17.3 Å². The highest BCUT2D eigenvalue weighted by Gasteiger charge is 2.15. The first-order chi connectivity index (χ1) is 11.7. The van der Waals surface area contributed by atoms with Crippen molar-refractivity contribution >= 4 is 0 Å². The highest BCUT2D eigenvalue weighted by atomic mass is 16.3. The molecule has 0 atom stereocenters. The molecular weight excluding hydrogens is 318 g/mol. The lowest BCUT2D eigenvalue weighted by molar-refractivity contribution is 0.471. The first-order valence-electron chi connectivity index (χ1n) is 8.38. The van der Waals surface area contributed by atoms with Crippen LogP contribution in [0, 0.1) is 0 Å². The topological polar surface area (TPSA) is 78.1 Å². The molecule has 3 heterocycles. The number of nitrogens with zero attached hydrogens (tertiary/aromatic N) is 3. The molecule has 0 radical (unpaired) electrons. The fraction of sp³-hybridized carbons (Fsp3) is 0.526. The summed E-state index contributed by atoms with van der Waals surface area (Å²) in [5.74, 6) is 2.62. The van der Waals surface area contributed by atoms with Crippen LogP contribution in [0.5, 0.6) is 0 Å². The largest absolute Gasteiger partial charge is 0.451 e. The molecule has 6 heteroatoms. The third-order valence-electron chi connectivity index (χ3n) is 3.17. The molecule has 25 heavy (non-hydrogen) atoms. The summed E-state index contributed by atoms with van der Waals surface area (Å²) < 4.78 is 14.8. The van der Waals surface area contributed by atoms with Crippen molar-refractivity contribution in [1.29, 1.82) is 0 Å². The first kappa shape index (κ1) is 20.7. The van der Waals surface area contributed by atoms with Crippen molar-refractivity contribution in [3.8, 4) is 0 Å². The quantitative estimate of drug-likeness (QED) is 0.603. The van der Waals surface area contributed by atoms with Crippen molar-refractivity contribution in [2.24, 2.45) is 0 Å². The van der Waals surface area contributed by atoms with Crippen LogP contribution in [0.3, 0.4) is 0 Å². The van der Waals surface area contributed by atoms with E-state index in [2.05, 4.69) is 49.6 Å². The fourth-order valence-electron chi connectivity index (χ4n) is 1.61. The zero-order valence-corrected chi connectivity index (χ0v) is 16.2. The monoisotopic (exact) mass is 347 g/mol. The maximum absolute atomic E-state index is 4.98. The summed E-state index contributed by atoms with van der Waals surface area (Å²) >= 11 is 0. The Morgan fingerprint density at radius 3 is 1.88 bits per heavy atom. The zero-order valence-electron chi connectivity index (χ0n) is 16.2. The van der Waals surface area contributed by atoms with Gasteiger partial charge in [0.25, 0.3) is 0 Å². The second-order valence-corrected chi connectivity index (χ2v) is 7.21. The minimum absolute atomic E-state index is 0.118. The van der Waals surface area contributed by atoms with Crippen molar-refractivity contribution in [1.82, 2.24) is 15.0 Å². The standard InChI is InChI=1S/C7H11NO.2C6H9NO/c1-7(2,3)6-4-9-5-8-6;1-5(2)6-3-7-4-8-6;1-5(2)6-7-3-4-8-6/h4-5H,1-3H3;2*3-5H,1-2H3. The van der Waals surface area contributed by atoms with E-state index in [1.54, 1.807) is 24.9 Å². The molecule has 6 nitrogen and oxygen atoms in total. The number of hydrogen-bond acceptors (Lipinski definition) is 6. The highest BCUT2D eigenvalue weighted by molar-refractivity contribution is 5.05. The van der Waals surface area contributed by atoms with Crippen molar-refractivity contribution in [3.05, 3.63) is 55.1 Å². The molecule has 0 aliphatic carbocycles. The number of hydrogen-bond donors (Lipinski definition) is 0. The Labute approximate surface area is 149 Å². The molecule has 3 rings (SSSR count). The van der Waals surface area contributed by atoms with Crippen LogP contribution in [0.2, 0.25) is 0 Å². The van der Waals surface area contributed by atoms with E-state index in [1.807, 2.05) is 13.8 Å². The lowest BCUT2D eigenvalue weighted by Gasteiger charge is -2.12. The second kappa shape index (κ2) is 9.81. The lowest BCUT2D eigenvalue weighted by Crippen LogP contribution is -2.10. The van der Waals surface area contributed by atoms with Gasteiger partial charge >= 0.3 is 0 Å². The summed E-state index contributed by atoms with van der Waals surface area (Å²) in [6, 6.07) is 0. The van der Waals surface area contributed by atoms with E-state index in [0.717, 1.165) is 17.3 Å². The van der Waals surface area contributed by atoms with Crippen LogP contribution in [0.4, 0.5) is 0 Å². The Bertz CT molecular complexity index is 611. The third-order valence-corrected chi connectivity index (χ3v) is 3.17. The van der Waals surface area contributed by atoms with Gasteiger partial charge in [-0.05, 0) is 0 Å². The molecule has 3 aromatic rings. The number of rotatable bonds is 2. The number of oxazole rings is 3. The van der Waals surface area contributed by atoms with Crippen molar-refractivity contribution in [2.75, 3.05) is 0 Å². The summed E-state index contributed by atoms with van der Waals surface area (Å²) in [5, 5.41) is 0. The Kier molecular flexibility index (Phi) is 8.11. The van der Waals surface area contributed by atoms with Crippen LogP contribution in [0.15, 0.2) is 51.0 Å². The average Bonchev–Trinajstić information content (AvgIpc) is 3.28. The SMILES string of the molecule is CC(C)(C)c1cocn1.CC(C)c1cnco1.CC(C)c1ncco1. The first-order valence-corrected chi connectivity index (χ1v) is 8.38. The molecule has 0 N–H and O–H groups in total. The van der Waals surface area contributed by atoms with Crippen LogP contribution in [0.1, 0.15) is 77.6 Å². The van der Waals surface area contributed by atoms with Gasteiger partial charge in [-0.15, -0.1) is 0 Å². The fourth-order valence-corrected chi connectivity index (χ4v) is 1.61. The smallest absolute Gasteiger partial charge is 0.196 e. The Hall–Kier alpha value is -2.37. The summed E-state index contributed by atoms with van der Waals surface area (Å²) in [6.45, 7) is 14.5. The van der Waals surface area contributed by atoms with E-state index in [0.29, 0.717) is 11.8 Å². The average molecular weight is 347 g/mol. The molecule has 0 aliphatic heterocycles. The van der Waals surface area contributed by atoms with Crippen LogP contribution in [0.25, 0.3) is 0 Å². The van der Waals surface area contributed by atoms with Crippen molar-refractivity contribution in [2.45, 2.75) is 65.7 Å². The van der Waals surface area contributed by atoms with Crippen LogP contribution >= 0.6 is 0 Å². The third kappa shape index (κ3) is 7.83. The minimum Gasteiger partial charge on any atom is -0.451 e. The van der Waals surface area contributed by atoms with Gasteiger partial charge in [0.15, 0.2) is 18.7 Å². The van der Waals surface area contributed by atoms with Gasteiger partial charge in [-0.1, -0.05) is 48.5 Å². The van der Waals surface area contributed by atoms with Crippen molar-refractivity contribution < 1.29 is 13.3 Å². The van der Waals surface area contributed by atoms with E-state index in [1.165, 1.54) is 12.8 Å². The normalized spacial score (nSPS) is 10.9. The van der Waals surface area contributed by atoms with Crippen LogP contribution in [-0.2, 0) is 5.41 Å². The molecule has 0 fully saturated rings. The van der Waals surface area contributed by atoms with Gasteiger partial charge in [0.2, 0.25) is 0 Å². The lowest BCUT2D eigenvalue weighted by atomic mass is 9.93. The summed E-state index contributed by atoms with van der Waals surface area (Å²) in [7, 11) is 0. The van der Waals surface area contributed by atoms with Gasteiger partial charge in [-0.3, -0.25) is 0 Å². The molecule has 0 aliphatic rings. The summed E-state index contributed by atoms with van der Waals surface area (Å²) in [6.07, 6.45) is 9.59. The van der Waals surface area contributed by atoms with Gasteiger partial charge in [0.05, 0.1) is 18.1 Å². The van der Waals surface area contributed by atoms with Crippen LogP contribution < -0.4 is 0 Å². The van der Waals surface area contributed by atoms with E-state index < -0.39 is 0 Å². The maximum atomic E-state index is 4.98. The van der Waals surface area contributed by atoms with Gasteiger partial charge in [-0.2, -0.15) is 0 Å². The molecule has 0 spiro atoms. The van der Waals surface area contributed by atoms with E-state index in [-0.39, 0.29) is 5.41 Å². The summed E-state index contributed by atoms with van der Waals surface area (Å²) in [4.78, 5) is 11.7. The molecular formula is C19H29N3O3. The number of aromatic nitrogens is 3. The van der Waals surface area contributed by atoms with E-state index >= 15 is 0 Å². The molecule has 0 unspecified atom stereocenters. The Balaban J connectivity index is 0.000000188. The molecule has 0 saturated carbocycles. The predicted molar refractivity (Wildman–Crippen MR) is 96.4 cm³/mol. The van der Waals surface area contributed by atoms with Gasteiger partial charge in [0.1, 0.15) is 18.3 Å². The maximum Gasteiger partial charge on any atom is 0.196 e.